The van der Waals surface area contributed by atoms with E-state index >= 15 is 0 Å². The molecule has 2 aromatic rings. The summed E-state index contributed by atoms with van der Waals surface area (Å²) in [5.74, 6) is -0.431. The van der Waals surface area contributed by atoms with Gasteiger partial charge in [0.15, 0.2) is 5.69 Å². The lowest BCUT2D eigenvalue weighted by Crippen LogP contribution is -2.21. The van der Waals surface area contributed by atoms with Crippen LogP contribution in [0.15, 0.2) is 10.7 Å². The highest BCUT2D eigenvalue weighted by Gasteiger charge is 2.41. The predicted octanol–water partition coefficient (Wildman–Crippen LogP) is 3.71. The molecule has 136 valence electrons. The molecular weight excluding hydrogens is 403 g/mol. The van der Waals surface area contributed by atoms with Crippen molar-refractivity contribution in [1.29, 1.82) is 0 Å². The molecule has 0 spiro atoms. The summed E-state index contributed by atoms with van der Waals surface area (Å²) in [7, 11) is 0. The average molecular weight is 420 g/mol. The minimum atomic E-state index is -4.57. The van der Waals surface area contributed by atoms with Crippen molar-refractivity contribution < 1.29 is 18.0 Å². The third-order valence-electron chi connectivity index (χ3n) is 4.13. The van der Waals surface area contributed by atoms with E-state index in [0.29, 0.717) is 17.9 Å². The van der Waals surface area contributed by atoms with E-state index in [4.69, 9.17) is 0 Å². The third-order valence-corrected chi connectivity index (χ3v) is 4.92. The number of carbonyl (C=O) groups excluding carboxylic acids is 1. The zero-order valence-corrected chi connectivity index (χ0v) is 15.3. The Balaban J connectivity index is 1.82. The van der Waals surface area contributed by atoms with Crippen molar-refractivity contribution >= 4 is 27.5 Å². The number of rotatable bonds is 5. The summed E-state index contributed by atoms with van der Waals surface area (Å²) in [5.41, 5.74) is 0.776. The third kappa shape index (κ3) is 3.58. The fourth-order valence-corrected chi connectivity index (χ4v) is 3.55. The average Bonchev–Trinajstić information content (AvgIpc) is 3.21. The number of hydrogen-bond acceptors (Lipinski definition) is 3. The van der Waals surface area contributed by atoms with Gasteiger partial charge in [0.05, 0.1) is 27.7 Å². The Hall–Kier alpha value is -1.84. The normalized spacial score (nSPS) is 14.8. The van der Waals surface area contributed by atoms with Gasteiger partial charge < -0.3 is 5.32 Å². The number of nitrogens with zero attached hydrogens (tertiary/aromatic N) is 4. The molecule has 2 heterocycles. The number of aromatic nitrogens is 4. The number of alkyl halides is 3. The molecule has 1 N–H and O–H groups in total. The van der Waals surface area contributed by atoms with Crippen LogP contribution in [0.3, 0.4) is 0 Å². The fourth-order valence-electron chi connectivity index (χ4n) is 2.72. The Morgan fingerprint density at radius 1 is 1.40 bits per heavy atom. The van der Waals surface area contributed by atoms with E-state index in [0.717, 1.165) is 23.2 Å². The monoisotopic (exact) mass is 419 g/mol. The van der Waals surface area contributed by atoms with Gasteiger partial charge in [-0.2, -0.15) is 23.4 Å². The van der Waals surface area contributed by atoms with Crippen LogP contribution >= 0.6 is 15.9 Å². The van der Waals surface area contributed by atoms with E-state index in [9.17, 15) is 18.0 Å². The number of aryl methyl sites for hydroxylation is 1. The summed E-state index contributed by atoms with van der Waals surface area (Å²) < 4.78 is 42.1. The van der Waals surface area contributed by atoms with E-state index in [1.807, 2.05) is 13.8 Å². The van der Waals surface area contributed by atoms with Gasteiger partial charge in [0.2, 0.25) is 5.91 Å². The molecule has 6 nitrogen and oxygen atoms in total. The molecule has 1 aliphatic rings. The standard InChI is InChI=1S/C15H17BrF3N5O/c1-3-23-8(2)10(6-20-23)21-11(25)7-24-13(9-4-5-9)12(16)14(22-24)15(17,18)19/h6,9H,3-5,7H2,1-2H3,(H,21,25). The molecule has 0 bridgehead atoms. The van der Waals surface area contributed by atoms with Crippen molar-refractivity contribution in [3.8, 4) is 0 Å². The molecule has 0 radical (unpaired) electrons. The van der Waals surface area contributed by atoms with Crippen LogP contribution in [0, 0.1) is 6.92 Å². The Labute approximate surface area is 150 Å². The Morgan fingerprint density at radius 3 is 2.60 bits per heavy atom. The van der Waals surface area contributed by atoms with Gasteiger partial charge in [0, 0.05) is 12.5 Å². The summed E-state index contributed by atoms with van der Waals surface area (Å²) in [5, 5.41) is 10.4. The van der Waals surface area contributed by atoms with Crippen molar-refractivity contribution in [2.75, 3.05) is 5.32 Å². The second-order valence-electron chi connectivity index (χ2n) is 5.99. The number of anilines is 1. The van der Waals surface area contributed by atoms with Gasteiger partial charge in [-0.25, -0.2) is 0 Å². The van der Waals surface area contributed by atoms with Gasteiger partial charge in [0.25, 0.3) is 0 Å². The second-order valence-corrected chi connectivity index (χ2v) is 6.78. The first-order valence-corrected chi connectivity index (χ1v) is 8.67. The van der Waals surface area contributed by atoms with Crippen molar-refractivity contribution in [2.45, 2.75) is 51.9 Å². The predicted molar refractivity (Wildman–Crippen MR) is 88.2 cm³/mol. The molecule has 0 atom stereocenters. The molecule has 1 saturated carbocycles. The lowest BCUT2D eigenvalue weighted by Gasteiger charge is -2.08. The SMILES string of the molecule is CCn1ncc(NC(=O)Cn2nc(C(F)(F)F)c(Br)c2C2CC2)c1C. The molecule has 0 aliphatic heterocycles. The number of carbonyl (C=O) groups is 1. The summed E-state index contributed by atoms with van der Waals surface area (Å²) >= 11 is 3.01. The van der Waals surface area contributed by atoms with Crippen LogP contribution < -0.4 is 5.32 Å². The van der Waals surface area contributed by atoms with Crippen LogP contribution in [0.25, 0.3) is 0 Å². The Morgan fingerprint density at radius 2 is 2.08 bits per heavy atom. The van der Waals surface area contributed by atoms with Gasteiger partial charge in [-0.1, -0.05) is 0 Å². The van der Waals surface area contributed by atoms with Crippen LogP contribution in [0.2, 0.25) is 0 Å². The minimum Gasteiger partial charge on any atom is -0.322 e. The summed E-state index contributed by atoms with van der Waals surface area (Å²) in [6.45, 7) is 4.12. The number of hydrogen-bond donors (Lipinski definition) is 1. The van der Waals surface area contributed by atoms with Crippen LogP contribution in [0.5, 0.6) is 0 Å². The highest BCUT2D eigenvalue weighted by Crippen LogP contribution is 2.46. The Kier molecular flexibility index (Phi) is 4.65. The first kappa shape index (κ1) is 18.0. The maximum atomic E-state index is 13.1. The molecule has 10 heteroatoms. The summed E-state index contributed by atoms with van der Waals surface area (Å²) in [6, 6.07) is 0. The van der Waals surface area contributed by atoms with Crippen molar-refractivity contribution in [1.82, 2.24) is 19.6 Å². The lowest BCUT2D eigenvalue weighted by atomic mass is 10.2. The van der Waals surface area contributed by atoms with Gasteiger partial charge in [-0.05, 0) is 42.6 Å². The molecule has 2 aromatic heterocycles. The molecule has 0 aromatic carbocycles. The van der Waals surface area contributed by atoms with Gasteiger partial charge in [0.1, 0.15) is 6.54 Å². The van der Waals surface area contributed by atoms with Crippen LogP contribution in [-0.2, 0) is 24.1 Å². The zero-order valence-electron chi connectivity index (χ0n) is 13.7. The van der Waals surface area contributed by atoms with E-state index in [2.05, 4.69) is 31.4 Å². The highest BCUT2D eigenvalue weighted by molar-refractivity contribution is 9.10. The summed E-state index contributed by atoms with van der Waals surface area (Å²) in [6.07, 6.45) is -1.45. The Bertz CT molecular complexity index is 807. The van der Waals surface area contributed by atoms with Crippen LogP contribution in [0.1, 0.15) is 42.8 Å². The summed E-state index contributed by atoms with van der Waals surface area (Å²) in [4.78, 5) is 12.3. The van der Waals surface area contributed by atoms with Gasteiger partial charge in [-0.3, -0.25) is 14.2 Å². The molecule has 0 saturated heterocycles. The zero-order chi connectivity index (χ0) is 18.4. The van der Waals surface area contributed by atoms with Crippen molar-refractivity contribution in [3.63, 3.8) is 0 Å². The molecule has 1 aliphatic carbocycles. The number of amides is 1. The van der Waals surface area contributed by atoms with E-state index in [-0.39, 0.29) is 16.9 Å². The van der Waals surface area contributed by atoms with E-state index < -0.39 is 17.8 Å². The molecule has 25 heavy (non-hydrogen) atoms. The van der Waals surface area contributed by atoms with Crippen LogP contribution in [-0.4, -0.2) is 25.5 Å². The highest BCUT2D eigenvalue weighted by atomic mass is 79.9. The molecule has 1 fully saturated rings. The van der Waals surface area contributed by atoms with E-state index in [1.54, 1.807) is 4.68 Å². The second kappa shape index (κ2) is 6.47. The maximum absolute atomic E-state index is 13.1. The first-order chi connectivity index (χ1) is 11.7. The minimum absolute atomic E-state index is 0.00959. The quantitative estimate of drug-likeness (QED) is 0.803. The number of nitrogens with one attached hydrogen (secondary N) is 1. The molecule has 3 rings (SSSR count). The van der Waals surface area contributed by atoms with Crippen molar-refractivity contribution in [3.05, 3.63) is 27.8 Å². The lowest BCUT2D eigenvalue weighted by molar-refractivity contribution is -0.142. The van der Waals surface area contributed by atoms with Gasteiger partial charge in [-0.15, -0.1) is 0 Å². The largest absolute Gasteiger partial charge is 0.436 e. The van der Waals surface area contributed by atoms with Crippen LogP contribution in [0.4, 0.5) is 18.9 Å². The fraction of sp³-hybridized carbons (Fsp3) is 0.533. The smallest absolute Gasteiger partial charge is 0.322 e. The molecular formula is C15H17BrF3N5O. The van der Waals surface area contributed by atoms with Gasteiger partial charge >= 0.3 is 6.18 Å². The van der Waals surface area contributed by atoms with E-state index in [1.165, 1.54) is 6.20 Å². The topological polar surface area (TPSA) is 64.7 Å². The molecule has 1 amide bonds. The number of halogens is 4. The first-order valence-electron chi connectivity index (χ1n) is 7.88. The molecule has 0 unspecified atom stereocenters. The van der Waals surface area contributed by atoms with Crippen molar-refractivity contribution in [2.24, 2.45) is 0 Å². The maximum Gasteiger partial charge on any atom is 0.436 e.